The van der Waals surface area contributed by atoms with E-state index in [2.05, 4.69) is 4.98 Å². The molecule has 0 aliphatic carbocycles. The van der Waals surface area contributed by atoms with Crippen LogP contribution < -0.4 is 10.2 Å². The number of carbonyl (C=O) groups excluding carboxylic acids is 3. The summed E-state index contributed by atoms with van der Waals surface area (Å²) < 4.78 is 0. The SMILES string of the molecule is O=C1NC(=O)N(c2cccc3cccnc23)C1=O. The molecule has 18 heavy (non-hydrogen) atoms. The minimum Gasteiger partial charge on any atom is -0.269 e. The first-order valence-corrected chi connectivity index (χ1v) is 5.21. The number of anilines is 1. The van der Waals surface area contributed by atoms with Gasteiger partial charge in [0, 0.05) is 11.6 Å². The van der Waals surface area contributed by atoms with Crippen molar-refractivity contribution < 1.29 is 14.4 Å². The fraction of sp³-hybridized carbons (Fsp3) is 0. The van der Waals surface area contributed by atoms with Gasteiger partial charge in [0.1, 0.15) is 0 Å². The van der Waals surface area contributed by atoms with Crippen LogP contribution in [0.25, 0.3) is 10.9 Å². The van der Waals surface area contributed by atoms with Crippen molar-refractivity contribution in [2.45, 2.75) is 0 Å². The van der Waals surface area contributed by atoms with E-state index in [1.54, 1.807) is 24.4 Å². The Kier molecular flexibility index (Phi) is 2.09. The topological polar surface area (TPSA) is 79.4 Å². The Morgan fingerprint density at radius 2 is 1.83 bits per heavy atom. The van der Waals surface area contributed by atoms with Crippen LogP contribution in [0.3, 0.4) is 0 Å². The minimum absolute atomic E-state index is 0.307. The van der Waals surface area contributed by atoms with Gasteiger partial charge in [-0.05, 0) is 12.1 Å². The highest BCUT2D eigenvalue weighted by Gasteiger charge is 2.38. The number of hydrogen-bond donors (Lipinski definition) is 1. The van der Waals surface area contributed by atoms with E-state index >= 15 is 0 Å². The van der Waals surface area contributed by atoms with Crippen molar-refractivity contribution in [3.63, 3.8) is 0 Å². The van der Waals surface area contributed by atoms with Gasteiger partial charge < -0.3 is 0 Å². The molecule has 88 valence electrons. The third kappa shape index (κ3) is 1.36. The number of nitrogens with zero attached hydrogens (tertiary/aromatic N) is 2. The molecule has 2 heterocycles. The lowest BCUT2D eigenvalue weighted by Gasteiger charge is -2.13. The Labute approximate surface area is 101 Å². The minimum atomic E-state index is -0.923. The number of imide groups is 2. The summed E-state index contributed by atoms with van der Waals surface area (Å²) in [5.74, 6) is -1.81. The molecule has 1 N–H and O–H groups in total. The van der Waals surface area contributed by atoms with E-state index < -0.39 is 17.8 Å². The molecule has 1 fully saturated rings. The Bertz CT molecular complexity index is 691. The van der Waals surface area contributed by atoms with Gasteiger partial charge in [-0.1, -0.05) is 18.2 Å². The summed E-state index contributed by atoms with van der Waals surface area (Å²) in [6.07, 6.45) is 1.56. The van der Waals surface area contributed by atoms with Crippen LogP contribution in [0.5, 0.6) is 0 Å². The molecular weight excluding hydrogens is 234 g/mol. The predicted molar refractivity (Wildman–Crippen MR) is 62.8 cm³/mol. The number of rotatable bonds is 1. The number of nitrogens with one attached hydrogen (secondary N) is 1. The van der Waals surface area contributed by atoms with Crippen LogP contribution >= 0.6 is 0 Å². The molecule has 0 radical (unpaired) electrons. The zero-order valence-electron chi connectivity index (χ0n) is 9.08. The average Bonchev–Trinajstić information content (AvgIpc) is 2.63. The third-order valence-corrected chi connectivity index (χ3v) is 2.67. The van der Waals surface area contributed by atoms with Crippen LogP contribution in [0, 0.1) is 0 Å². The van der Waals surface area contributed by atoms with E-state index in [-0.39, 0.29) is 0 Å². The summed E-state index contributed by atoms with van der Waals surface area (Å²) in [6.45, 7) is 0. The maximum atomic E-state index is 11.6. The average molecular weight is 241 g/mol. The van der Waals surface area contributed by atoms with Crippen molar-refractivity contribution in [3.05, 3.63) is 36.5 Å². The fourth-order valence-electron chi connectivity index (χ4n) is 1.89. The molecule has 0 saturated carbocycles. The summed E-state index contributed by atoms with van der Waals surface area (Å²) in [5, 5.41) is 2.74. The first kappa shape index (κ1) is 10.4. The van der Waals surface area contributed by atoms with E-state index in [4.69, 9.17) is 0 Å². The van der Waals surface area contributed by atoms with Crippen LogP contribution in [-0.2, 0) is 9.59 Å². The molecule has 1 saturated heterocycles. The molecule has 2 aromatic rings. The molecule has 1 aromatic heterocycles. The van der Waals surface area contributed by atoms with Crippen molar-refractivity contribution in [3.8, 4) is 0 Å². The summed E-state index contributed by atoms with van der Waals surface area (Å²) >= 11 is 0. The number of amides is 4. The molecule has 0 unspecified atom stereocenters. The normalized spacial score (nSPS) is 15.3. The maximum Gasteiger partial charge on any atom is 0.336 e. The largest absolute Gasteiger partial charge is 0.336 e. The molecular formula is C12H7N3O3. The second-order valence-corrected chi connectivity index (χ2v) is 3.75. The molecule has 1 aliphatic rings. The lowest BCUT2D eigenvalue weighted by atomic mass is 10.2. The van der Waals surface area contributed by atoms with Gasteiger partial charge in [-0.25, -0.2) is 9.69 Å². The highest BCUT2D eigenvalue weighted by atomic mass is 16.2. The number of hydrogen-bond acceptors (Lipinski definition) is 4. The number of benzene rings is 1. The van der Waals surface area contributed by atoms with E-state index in [9.17, 15) is 14.4 Å². The molecule has 1 aliphatic heterocycles. The van der Waals surface area contributed by atoms with E-state index in [1.165, 1.54) is 0 Å². The first-order valence-electron chi connectivity index (χ1n) is 5.21. The van der Waals surface area contributed by atoms with Crippen molar-refractivity contribution in [2.75, 3.05) is 4.90 Å². The Morgan fingerprint density at radius 1 is 1.06 bits per heavy atom. The smallest absolute Gasteiger partial charge is 0.269 e. The summed E-state index contributed by atoms with van der Waals surface area (Å²) in [7, 11) is 0. The number of aromatic nitrogens is 1. The number of carbonyl (C=O) groups is 3. The van der Waals surface area contributed by atoms with Crippen LogP contribution in [0.15, 0.2) is 36.5 Å². The Morgan fingerprint density at radius 3 is 2.56 bits per heavy atom. The molecule has 0 atom stereocenters. The van der Waals surface area contributed by atoms with Gasteiger partial charge >= 0.3 is 17.8 Å². The van der Waals surface area contributed by atoms with Crippen LogP contribution in [0.4, 0.5) is 10.5 Å². The third-order valence-electron chi connectivity index (χ3n) is 2.67. The molecule has 1 aromatic carbocycles. The van der Waals surface area contributed by atoms with Gasteiger partial charge in [0.25, 0.3) is 0 Å². The molecule has 4 amide bonds. The highest BCUT2D eigenvalue weighted by molar-refractivity contribution is 6.53. The van der Waals surface area contributed by atoms with E-state index in [1.807, 2.05) is 17.4 Å². The van der Waals surface area contributed by atoms with Crippen LogP contribution in [-0.4, -0.2) is 22.8 Å². The van der Waals surface area contributed by atoms with Crippen molar-refractivity contribution in [2.24, 2.45) is 0 Å². The number of fused-ring (bicyclic) bond motifs is 1. The van der Waals surface area contributed by atoms with E-state index in [0.717, 1.165) is 10.3 Å². The summed E-state index contributed by atoms with van der Waals surface area (Å²) in [4.78, 5) is 39.3. The van der Waals surface area contributed by atoms with Gasteiger partial charge in [-0.3, -0.25) is 19.9 Å². The number of pyridine rings is 1. The predicted octanol–water partition coefficient (Wildman–Crippen LogP) is 0.818. The van der Waals surface area contributed by atoms with Crippen molar-refractivity contribution >= 4 is 34.4 Å². The number of urea groups is 1. The van der Waals surface area contributed by atoms with Crippen molar-refractivity contribution in [1.29, 1.82) is 0 Å². The Balaban J connectivity index is 2.24. The van der Waals surface area contributed by atoms with Gasteiger partial charge in [-0.2, -0.15) is 0 Å². The first-order chi connectivity index (χ1) is 8.68. The summed E-state index contributed by atoms with van der Waals surface area (Å²) in [5.41, 5.74) is 0.805. The quantitative estimate of drug-likeness (QED) is 0.592. The second kappa shape index (κ2) is 3.63. The van der Waals surface area contributed by atoms with Crippen molar-refractivity contribution in [1.82, 2.24) is 10.3 Å². The van der Waals surface area contributed by atoms with Gasteiger partial charge in [0.15, 0.2) is 0 Å². The van der Waals surface area contributed by atoms with E-state index in [0.29, 0.717) is 11.2 Å². The van der Waals surface area contributed by atoms with Crippen LogP contribution in [0.1, 0.15) is 0 Å². The monoisotopic (exact) mass is 241 g/mol. The van der Waals surface area contributed by atoms with Gasteiger partial charge in [0.2, 0.25) is 0 Å². The zero-order chi connectivity index (χ0) is 12.7. The zero-order valence-corrected chi connectivity index (χ0v) is 9.08. The highest BCUT2D eigenvalue weighted by Crippen LogP contribution is 2.26. The second-order valence-electron chi connectivity index (χ2n) is 3.75. The molecule has 6 heteroatoms. The lowest BCUT2D eigenvalue weighted by Crippen LogP contribution is -2.31. The number of para-hydroxylation sites is 1. The molecule has 3 rings (SSSR count). The van der Waals surface area contributed by atoms with Gasteiger partial charge in [-0.15, -0.1) is 0 Å². The summed E-state index contributed by atoms with van der Waals surface area (Å²) in [6, 6.07) is 7.90. The standard InChI is InChI=1S/C12H7N3O3/c16-10-11(17)15(12(18)14-10)8-5-1-3-7-4-2-6-13-9(7)8/h1-6H,(H,14,16,18). The van der Waals surface area contributed by atoms with Crippen LogP contribution in [0.2, 0.25) is 0 Å². The maximum absolute atomic E-state index is 11.6. The van der Waals surface area contributed by atoms with Gasteiger partial charge in [0.05, 0.1) is 11.2 Å². The lowest BCUT2D eigenvalue weighted by molar-refractivity contribution is -0.134. The molecule has 0 spiro atoms. The molecule has 0 bridgehead atoms. The molecule has 6 nitrogen and oxygen atoms in total. The fourth-order valence-corrected chi connectivity index (χ4v) is 1.89. The Hall–Kier alpha value is -2.76.